The quantitative estimate of drug-likeness (QED) is 0.550. The molecule has 3 aromatic rings. The van der Waals surface area contributed by atoms with Gasteiger partial charge < -0.3 is 18.9 Å². The van der Waals surface area contributed by atoms with Gasteiger partial charge in [-0.1, -0.05) is 0 Å². The molecular weight excluding hydrogens is 416 g/mol. The first-order valence-electron chi connectivity index (χ1n) is 10.00. The number of nitrogens with zero attached hydrogens (tertiary/aromatic N) is 1. The number of carbonyl (C=O) groups excluding carboxylic acids is 1. The summed E-state index contributed by atoms with van der Waals surface area (Å²) in [5, 5.41) is 5.22. The van der Waals surface area contributed by atoms with Gasteiger partial charge in [0.15, 0.2) is 5.13 Å². The third kappa shape index (κ3) is 5.15. The van der Waals surface area contributed by atoms with Crippen LogP contribution >= 0.6 is 11.3 Å². The van der Waals surface area contributed by atoms with Crippen LogP contribution in [0.3, 0.4) is 0 Å². The van der Waals surface area contributed by atoms with Crippen molar-refractivity contribution in [3.63, 3.8) is 0 Å². The molecule has 1 fully saturated rings. The Morgan fingerprint density at radius 2 is 1.97 bits per heavy atom. The maximum Gasteiger partial charge on any atom is 0.257 e. The Hall–Kier alpha value is -3.10. The molecule has 1 aromatic heterocycles. The largest absolute Gasteiger partial charge is 0.497 e. The van der Waals surface area contributed by atoms with E-state index in [1.165, 1.54) is 11.3 Å². The molecule has 2 heterocycles. The fraction of sp³-hybridized carbons (Fsp3) is 0.304. The SMILES string of the molecule is COc1ccc(OC)c(-c2csc(NC(=O)c3ccc(OC[C@@H]4CCCO4)cc3)n2)c1. The zero-order valence-corrected chi connectivity index (χ0v) is 18.2. The second kappa shape index (κ2) is 9.80. The average Bonchev–Trinajstić information content (AvgIpc) is 3.50. The number of nitrogens with one attached hydrogen (secondary N) is 1. The molecule has 31 heavy (non-hydrogen) atoms. The molecule has 0 bridgehead atoms. The number of thiazole rings is 1. The summed E-state index contributed by atoms with van der Waals surface area (Å²) in [6.07, 6.45) is 2.26. The number of benzene rings is 2. The van der Waals surface area contributed by atoms with E-state index in [1.54, 1.807) is 38.5 Å². The van der Waals surface area contributed by atoms with Crippen molar-refractivity contribution in [3.05, 3.63) is 53.4 Å². The van der Waals surface area contributed by atoms with E-state index < -0.39 is 0 Å². The predicted molar refractivity (Wildman–Crippen MR) is 120 cm³/mol. The first-order chi connectivity index (χ1) is 15.2. The first-order valence-corrected chi connectivity index (χ1v) is 10.9. The third-order valence-corrected chi connectivity index (χ3v) is 5.74. The van der Waals surface area contributed by atoms with Crippen LogP contribution in [0.25, 0.3) is 11.3 Å². The summed E-state index contributed by atoms with van der Waals surface area (Å²) in [5.41, 5.74) is 2.03. The molecule has 0 saturated carbocycles. The van der Waals surface area contributed by atoms with Crippen LogP contribution in [-0.2, 0) is 4.74 Å². The van der Waals surface area contributed by atoms with Gasteiger partial charge in [-0.2, -0.15) is 0 Å². The Morgan fingerprint density at radius 3 is 2.68 bits per heavy atom. The second-order valence-corrected chi connectivity index (χ2v) is 7.89. The number of anilines is 1. The number of hydrogen-bond acceptors (Lipinski definition) is 7. The van der Waals surface area contributed by atoms with Crippen molar-refractivity contribution in [2.24, 2.45) is 0 Å². The number of methoxy groups -OCH3 is 2. The molecule has 4 rings (SSSR count). The summed E-state index contributed by atoms with van der Waals surface area (Å²) in [5.74, 6) is 1.87. The van der Waals surface area contributed by atoms with E-state index in [1.807, 2.05) is 23.6 Å². The summed E-state index contributed by atoms with van der Waals surface area (Å²) in [7, 11) is 3.21. The van der Waals surface area contributed by atoms with Crippen molar-refractivity contribution in [1.82, 2.24) is 4.98 Å². The summed E-state index contributed by atoms with van der Waals surface area (Å²) < 4.78 is 22.0. The van der Waals surface area contributed by atoms with Crippen LogP contribution in [-0.4, -0.2) is 44.4 Å². The molecule has 7 nitrogen and oxygen atoms in total. The fourth-order valence-electron chi connectivity index (χ4n) is 3.31. The van der Waals surface area contributed by atoms with E-state index in [4.69, 9.17) is 18.9 Å². The second-order valence-electron chi connectivity index (χ2n) is 7.03. The fourth-order valence-corrected chi connectivity index (χ4v) is 4.01. The van der Waals surface area contributed by atoms with Crippen molar-refractivity contribution < 1.29 is 23.7 Å². The smallest absolute Gasteiger partial charge is 0.257 e. The van der Waals surface area contributed by atoms with Gasteiger partial charge in [0.2, 0.25) is 0 Å². The van der Waals surface area contributed by atoms with Gasteiger partial charge in [0.05, 0.1) is 26.0 Å². The van der Waals surface area contributed by atoms with E-state index in [0.717, 1.165) is 25.0 Å². The molecule has 0 aliphatic carbocycles. The van der Waals surface area contributed by atoms with Gasteiger partial charge in [-0.15, -0.1) is 11.3 Å². The molecule has 1 atom stereocenters. The molecule has 1 amide bonds. The van der Waals surface area contributed by atoms with Gasteiger partial charge in [0.1, 0.15) is 23.9 Å². The molecule has 0 spiro atoms. The van der Waals surface area contributed by atoms with Crippen molar-refractivity contribution in [2.45, 2.75) is 18.9 Å². The Morgan fingerprint density at radius 1 is 1.16 bits per heavy atom. The van der Waals surface area contributed by atoms with Gasteiger partial charge in [-0.05, 0) is 55.3 Å². The number of aromatic nitrogens is 1. The number of carbonyl (C=O) groups is 1. The lowest BCUT2D eigenvalue weighted by molar-refractivity contribution is 0.0679. The molecule has 0 unspecified atom stereocenters. The Kier molecular flexibility index (Phi) is 6.69. The molecule has 162 valence electrons. The highest BCUT2D eigenvalue weighted by Crippen LogP contribution is 2.35. The average molecular weight is 441 g/mol. The van der Waals surface area contributed by atoms with Gasteiger partial charge in [0.25, 0.3) is 5.91 Å². The Labute approximate surface area is 184 Å². The van der Waals surface area contributed by atoms with Crippen LogP contribution in [0.5, 0.6) is 17.2 Å². The van der Waals surface area contributed by atoms with Crippen LogP contribution in [0.2, 0.25) is 0 Å². The van der Waals surface area contributed by atoms with E-state index in [0.29, 0.717) is 40.2 Å². The third-order valence-electron chi connectivity index (χ3n) is 4.98. The topological polar surface area (TPSA) is 78.9 Å². The maximum atomic E-state index is 12.6. The first kappa shape index (κ1) is 21.1. The minimum Gasteiger partial charge on any atom is -0.497 e. The predicted octanol–water partition coefficient (Wildman–Crippen LogP) is 4.64. The van der Waals surface area contributed by atoms with Crippen LogP contribution < -0.4 is 19.5 Å². The highest BCUT2D eigenvalue weighted by Gasteiger charge is 2.17. The van der Waals surface area contributed by atoms with E-state index in [9.17, 15) is 4.79 Å². The van der Waals surface area contributed by atoms with Gasteiger partial charge >= 0.3 is 0 Å². The van der Waals surface area contributed by atoms with Crippen LogP contribution in [0.4, 0.5) is 5.13 Å². The minimum absolute atomic E-state index is 0.158. The Bertz CT molecular complexity index is 1030. The van der Waals surface area contributed by atoms with Crippen molar-refractivity contribution >= 4 is 22.4 Å². The zero-order valence-electron chi connectivity index (χ0n) is 17.4. The standard InChI is InChI=1S/C23H24N2O5S/c1-27-17-9-10-21(28-2)19(12-17)20-14-31-23(24-20)25-22(26)15-5-7-16(8-6-15)30-13-18-4-3-11-29-18/h5-10,12,14,18H,3-4,11,13H2,1-2H3,(H,24,25,26)/t18-/m0/s1. The van der Waals surface area contributed by atoms with Gasteiger partial charge in [-0.3, -0.25) is 10.1 Å². The summed E-state index contributed by atoms with van der Waals surface area (Å²) >= 11 is 1.35. The molecular formula is C23H24N2O5S. The van der Waals surface area contributed by atoms with E-state index in [-0.39, 0.29) is 12.0 Å². The lowest BCUT2D eigenvalue weighted by Gasteiger charge is -2.11. The molecule has 1 saturated heterocycles. The van der Waals surface area contributed by atoms with E-state index in [2.05, 4.69) is 10.3 Å². The van der Waals surface area contributed by atoms with E-state index >= 15 is 0 Å². The molecule has 1 aliphatic rings. The molecule has 1 N–H and O–H groups in total. The van der Waals surface area contributed by atoms with Crippen molar-refractivity contribution in [2.75, 3.05) is 32.8 Å². The lowest BCUT2D eigenvalue weighted by Crippen LogP contribution is -2.16. The number of rotatable bonds is 8. The van der Waals surface area contributed by atoms with Crippen molar-refractivity contribution in [3.8, 4) is 28.5 Å². The molecule has 1 aliphatic heterocycles. The highest BCUT2D eigenvalue weighted by molar-refractivity contribution is 7.14. The van der Waals surface area contributed by atoms with Crippen molar-refractivity contribution in [1.29, 1.82) is 0 Å². The lowest BCUT2D eigenvalue weighted by atomic mass is 10.1. The number of amides is 1. The maximum absolute atomic E-state index is 12.6. The molecule has 0 radical (unpaired) electrons. The number of ether oxygens (including phenoxy) is 4. The highest BCUT2D eigenvalue weighted by atomic mass is 32.1. The summed E-state index contributed by atoms with van der Waals surface area (Å²) in [6.45, 7) is 1.33. The Balaban J connectivity index is 1.40. The van der Waals surface area contributed by atoms with Crippen LogP contribution in [0.1, 0.15) is 23.2 Å². The molecule has 2 aromatic carbocycles. The minimum atomic E-state index is -0.232. The normalized spacial score (nSPS) is 15.5. The monoisotopic (exact) mass is 440 g/mol. The molecule has 8 heteroatoms. The van der Waals surface area contributed by atoms with Gasteiger partial charge in [0, 0.05) is 23.1 Å². The van der Waals surface area contributed by atoms with Gasteiger partial charge in [-0.25, -0.2) is 4.98 Å². The van der Waals surface area contributed by atoms with Crippen LogP contribution in [0.15, 0.2) is 47.8 Å². The summed E-state index contributed by atoms with van der Waals surface area (Å²) in [4.78, 5) is 17.1. The van der Waals surface area contributed by atoms with Crippen LogP contribution in [0, 0.1) is 0 Å². The summed E-state index contributed by atoms with van der Waals surface area (Å²) in [6, 6.07) is 12.6. The number of hydrogen-bond donors (Lipinski definition) is 1. The zero-order chi connectivity index (χ0) is 21.6.